The number of aromatic amines is 1. The molecule has 0 unspecified atom stereocenters. The molecular formula is C18H16F2N2O3. The van der Waals surface area contributed by atoms with Gasteiger partial charge in [0.05, 0.1) is 11.0 Å². The number of aromatic nitrogens is 2. The predicted octanol–water partition coefficient (Wildman–Crippen LogP) is 4.21. The van der Waals surface area contributed by atoms with E-state index in [9.17, 15) is 13.6 Å². The molecule has 0 fully saturated rings. The van der Waals surface area contributed by atoms with Gasteiger partial charge >= 0.3 is 12.1 Å². The van der Waals surface area contributed by atoms with Crippen LogP contribution in [-0.4, -0.2) is 27.2 Å². The van der Waals surface area contributed by atoms with Gasteiger partial charge in [0, 0.05) is 5.56 Å². The lowest BCUT2D eigenvalue weighted by Crippen LogP contribution is -2.35. The molecule has 1 heterocycles. The minimum absolute atomic E-state index is 0.150. The second kappa shape index (κ2) is 5.84. The summed E-state index contributed by atoms with van der Waals surface area (Å²) in [5.74, 6) is -1.88. The number of rotatable bonds is 4. The van der Waals surface area contributed by atoms with Crippen molar-refractivity contribution in [3.8, 4) is 17.1 Å². The van der Waals surface area contributed by atoms with E-state index < -0.39 is 12.1 Å². The molecule has 3 rings (SSSR count). The van der Waals surface area contributed by atoms with Gasteiger partial charge in [0.25, 0.3) is 0 Å². The van der Waals surface area contributed by atoms with Gasteiger partial charge in [0.1, 0.15) is 11.6 Å². The molecule has 0 aliphatic rings. The summed E-state index contributed by atoms with van der Waals surface area (Å²) in [5.41, 5.74) is 4.27. The number of H-pyrrole nitrogens is 1. The summed E-state index contributed by atoms with van der Waals surface area (Å²) in [6.45, 7) is 5.14. The smallest absolute Gasteiger partial charge is 0.474 e. The molecule has 130 valence electrons. The Morgan fingerprint density at radius 1 is 1.16 bits per heavy atom. The van der Waals surface area contributed by atoms with E-state index in [2.05, 4.69) is 14.7 Å². The van der Waals surface area contributed by atoms with Crippen molar-refractivity contribution in [2.24, 2.45) is 0 Å². The van der Waals surface area contributed by atoms with E-state index >= 15 is 0 Å². The van der Waals surface area contributed by atoms with Crippen molar-refractivity contribution < 1.29 is 23.4 Å². The summed E-state index contributed by atoms with van der Waals surface area (Å²) in [4.78, 5) is 18.3. The number of ether oxygens (including phenoxy) is 1. The van der Waals surface area contributed by atoms with Crippen LogP contribution < -0.4 is 4.74 Å². The van der Waals surface area contributed by atoms with E-state index in [0.717, 1.165) is 16.6 Å². The van der Waals surface area contributed by atoms with Gasteiger partial charge in [-0.2, -0.15) is 8.78 Å². The Kier molecular flexibility index (Phi) is 3.94. The quantitative estimate of drug-likeness (QED) is 0.742. The zero-order chi connectivity index (χ0) is 18.4. The third-order valence-corrected chi connectivity index (χ3v) is 3.85. The molecule has 2 aromatic carbocycles. The number of carboxylic acids is 1. The number of fused-ring (bicyclic) bond motifs is 1. The molecule has 0 spiro atoms. The lowest BCUT2D eigenvalue weighted by Gasteiger charge is -2.17. The number of benzene rings is 2. The van der Waals surface area contributed by atoms with E-state index in [1.54, 1.807) is 26.0 Å². The summed E-state index contributed by atoms with van der Waals surface area (Å²) in [6, 6.07) is 9.08. The molecule has 0 bridgehead atoms. The minimum atomic E-state index is -4.28. The molecule has 1 aromatic heterocycles. The van der Waals surface area contributed by atoms with Crippen LogP contribution in [0.1, 0.15) is 16.7 Å². The normalized spacial score (nSPS) is 11.7. The van der Waals surface area contributed by atoms with Crippen LogP contribution in [0, 0.1) is 20.8 Å². The van der Waals surface area contributed by atoms with Crippen LogP contribution in [0.5, 0.6) is 5.75 Å². The van der Waals surface area contributed by atoms with Crippen LogP contribution in [0.4, 0.5) is 8.78 Å². The van der Waals surface area contributed by atoms with E-state index in [-0.39, 0.29) is 5.75 Å². The van der Waals surface area contributed by atoms with Gasteiger partial charge in [-0.1, -0.05) is 6.07 Å². The first-order valence-corrected chi connectivity index (χ1v) is 7.55. The fourth-order valence-corrected chi connectivity index (χ4v) is 2.68. The standard InChI is InChI=1S/C18H16F2N2O3/c1-9-4-5-13-14(6-9)22-16(21-13)12-7-10(2)15(11(3)8-12)25-18(19,20)17(23)24/h4-8H,1-3H3,(H,21,22)(H,23,24). The zero-order valence-corrected chi connectivity index (χ0v) is 13.9. The molecule has 25 heavy (non-hydrogen) atoms. The molecule has 0 saturated heterocycles. The number of carbonyl (C=O) groups is 1. The average molecular weight is 346 g/mol. The van der Waals surface area contributed by atoms with E-state index in [0.29, 0.717) is 22.5 Å². The van der Waals surface area contributed by atoms with Gasteiger partial charge in [-0.25, -0.2) is 9.78 Å². The van der Waals surface area contributed by atoms with Crippen molar-refractivity contribution in [3.05, 3.63) is 47.0 Å². The highest BCUT2D eigenvalue weighted by Gasteiger charge is 2.43. The molecule has 0 aliphatic carbocycles. The number of nitrogens with zero attached hydrogens (tertiary/aromatic N) is 1. The third-order valence-electron chi connectivity index (χ3n) is 3.85. The summed E-state index contributed by atoms with van der Waals surface area (Å²) in [5, 5.41) is 8.53. The maximum absolute atomic E-state index is 13.4. The highest BCUT2D eigenvalue weighted by atomic mass is 19.3. The average Bonchev–Trinajstić information content (AvgIpc) is 2.93. The molecule has 3 aromatic rings. The Morgan fingerprint density at radius 2 is 1.80 bits per heavy atom. The van der Waals surface area contributed by atoms with Gasteiger partial charge in [0.2, 0.25) is 0 Å². The number of imidazole rings is 1. The van der Waals surface area contributed by atoms with Crippen molar-refractivity contribution in [1.82, 2.24) is 9.97 Å². The van der Waals surface area contributed by atoms with Crippen LogP contribution >= 0.6 is 0 Å². The second-order valence-electron chi connectivity index (χ2n) is 5.97. The first-order chi connectivity index (χ1) is 11.7. The number of alkyl halides is 2. The molecule has 0 radical (unpaired) electrons. The van der Waals surface area contributed by atoms with Gasteiger partial charge in [-0.15, -0.1) is 0 Å². The fraction of sp³-hybridized carbons (Fsp3) is 0.222. The molecule has 0 saturated carbocycles. The van der Waals surface area contributed by atoms with Crippen molar-refractivity contribution in [1.29, 1.82) is 0 Å². The zero-order valence-electron chi connectivity index (χ0n) is 13.9. The Bertz CT molecular complexity index is 957. The second-order valence-corrected chi connectivity index (χ2v) is 5.97. The highest BCUT2D eigenvalue weighted by Crippen LogP contribution is 2.33. The Morgan fingerprint density at radius 3 is 2.40 bits per heavy atom. The van der Waals surface area contributed by atoms with Gasteiger partial charge < -0.3 is 14.8 Å². The summed E-state index contributed by atoms with van der Waals surface area (Å²) < 4.78 is 31.1. The summed E-state index contributed by atoms with van der Waals surface area (Å²) in [6.07, 6.45) is -4.28. The monoisotopic (exact) mass is 346 g/mol. The van der Waals surface area contributed by atoms with E-state index in [4.69, 9.17) is 5.11 Å². The van der Waals surface area contributed by atoms with Gasteiger partial charge in [0.15, 0.2) is 0 Å². The lowest BCUT2D eigenvalue weighted by molar-refractivity contribution is -0.211. The van der Waals surface area contributed by atoms with Crippen molar-refractivity contribution in [3.63, 3.8) is 0 Å². The first kappa shape index (κ1) is 16.9. The molecular weight excluding hydrogens is 330 g/mol. The maximum atomic E-state index is 13.4. The molecule has 7 heteroatoms. The van der Waals surface area contributed by atoms with Crippen molar-refractivity contribution in [2.75, 3.05) is 0 Å². The molecule has 2 N–H and O–H groups in total. The summed E-state index contributed by atoms with van der Waals surface area (Å²) in [7, 11) is 0. The van der Waals surface area contributed by atoms with Crippen LogP contribution in [-0.2, 0) is 4.79 Å². The Hall–Kier alpha value is -2.96. The van der Waals surface area contributed by atoms with Gasteiger partial charge in [-0.3, -0.25) is 0 Å². The predicted molar refractivity (Wildman–Crippen MR) is 89.0 cm³/mol. The topological polar surface area (TPSA) is 75.2 Å². The van der Waals surface area contributed by atoms with Crippen molar-refractivity contribution in [2.45, 2.75) is 26.9 Å². The minimum Gasteiger partial charge on any atom is -0.474 e. The Balaban J connectivity index is 2.02. The van der Waals surface area contributed by atoms with Crippen LogP contribution in [0.3, 0.4) is 0 Å². The van der Waals surface area contributed by atoms with Crippen LogP contribution in [0.2, 0.25) is 0 Å². The van der Waals surface area contributed by atoms with Crippen molar-refractivity contribution >= 4 is 17.0 Å². The van der Waals surface area contributed by atoms with E-state index in [1.165, 1.54) is 0 Å². The largest absolute Gasteiger partial charge is 0.501 e. The summed E-state index contributed by atoms with van der Waals surface area (Å²) >= 11 is 0. The number of nitrogens with one attached hydrogen (secondary N) is 1. The maximum Gasteiger partial charge on any atom is 0.501 e. The van der Waals surface area contributed by atoms with Gasteiger partial charge in [-0.05, 0) is 61.7 Å². The molecule has 0 atom stereocenters. The molecule has 0 aliphatic heterocycles. The number of halogens is 2. The fourth-order valence-electron chi connectivity index (χ4n) is 2.68. The lowest BCUT2D eigenvalue weighted by atomic mass is 10.1. The molecule has 0 amide bonds. The number of hydrogen-bond acceptors (Lipinski definition) is 3. The highest BCUT2D eigenvalue weighted by molar-refractivity contribution is 5.80. The Labute approximate surface area is 142 Å². The molecule has 5 nitrogen and oxygen atoms in total. The number of aryl methyl sites for hydroxylation is 3. The number of hydrogen-bond donors (Lipinski definition) is 2. The van der Waals surface area contributed by atoms with Crippen LogP contribution in [0.15, 0.2) is 30.3 Å². The SMILES string of the molecule is Cc1ccc2nc(-c3cc(C)c(OC(F)(F)C(=O)O)c(C)c3)[nH]c2c1. The van der Waals surface area contributed by atoms with E-state index in [1.807, 2.05) is 25.1 Å². The number of carboxylic acid groups (broad SMARTS) is 1. The number of aliphatic carboxylic acids is 1. The first-order valence-electron chi connectivity index (χ1n) is 7.55. The third kappa shape index (κ3) is 3.17. The van der Waals surface area contributed by atoms with Crippen LogP contribution in [0.25, 0.3) is 22.4 Å².